The van der Waals surface area contributed by atoms with Crippen LogP contribution in [0.25, 0.3) is 0 Å². The predicted octanol–water partition coefficient (Wildman–Crippen LogP) is 2.74. The first-order valence-electron chi connectivity index (χ1n) is 6.75. The van der Waals surface area contributed by atoms with Crippen LogP contribution >= 0.6 is 0 Å². The first kappa shape index (κ1) is 14.4. The smallest absolute Gasteiger partial charge is 0.126 e. The molecule has 0 heterocycles. The Kier molecular flexibility index (Phi) is 4.21. The van der Waals surface area contributed by atoms with Crippen molar-refractivity contribution in [2.75, 3.05) is 14.1 Å². The van der Waals surface area contributed by atoms with Crippen LogP contribution in [0.15, 0.2) is 18.2 Å². The van der Waals surface area contributed by atoms with Gasteiger partial charge in [-0.3, -0.25) is 0 Å². The zero-order chi connectivity index (χ0) is 14.0. The fourth-order valence-electron chi connectivity index (χ4n) is 3.16. The Morgan fingerprint density at radius 2 is 1.89 bits per heavy atom. The quantitative estimate of drug-likeness (QED) is 0.908. The lowest BCUT2D eigenvalue weighted by Gasteiger charge is -2.40. The summed E-state index contributed by atoms with van der Waals surface area (Å²) in [5.74, 6) is -0.915. The second-order valence-electron chi connectivity index (χ2n) is 5.66. The highest BCUT2D eigenvalue weighted by Crippen LogP contribution is 2.38. The van der Waals surface area contributed by atoms with Gasteiger partial charge in [0.1, 0.15) is 11.6 Å². The third kappa shape index (κ3) is 2.79. The maximum Gasteiger partial charge on any atom is 0.126 e. The molecule has 0 amide bonds. The molecule has 19 heavy (non-hydrogen) atoms. The van der Waals surface area contributed by atoms with Gasteiger partial charge in [-0.1, -0.05) is 12.8 Å². The van der Waals surface area contributed by atoms with Gasteiger partial charge in [0, 0.05) is 12.0 Å². The molecule has 2 rings (SSSR count). The van der Waals surface area contributed by atoms with Crippen molar-refractivity contribution in [3.8, 4) is 0 Å². The Hall–Kier alpha value is -1.00. The van der Waals surface area contributed by atoms with E-state index in [1.165, 1.54) is 6.07 Å². The van der Waals surface area contributed by atoms with Crippen LogP contribution in [0.4, 0.5) is 8.78 Å². The summed E-state index contributed by atoms with van der Waals surface area (Å²) in [6, 6.07) is 3.40. The molecule has 1 unspecified atom stereocenters. The van der Waals surface area contributed by atoms with E-state index in [0.29, 0.717) is 0 Å². The summed E-state index contributed by atoms with van der Waals surface area (Å²) in [4.78, 5) is 2.03. The SMILES string of the molecule is CN(C)C1(C(O)Cc2cc(F)ccc2F)CCCC1. The molecule has 0 spiro atoms. The number of likely N-dealkylation sites (N-methyl/N-ethyl adjacent to an activating group) is 1. The number of hydrogen-bond donors (Lipinski definition) is 1. The van der Waals surface area contributed by atoms with E-state index >= 15 is 0 Å². The summed E-state index contributed by atoms with van der Waals surface area (Å²) in [6.07, 6.45) is 3.42. The number of hydrogen-bond acceptors (Lipinski definition) is 2. The van der Waals surface area contributed by atoms with Crippen molar-refractivity contribution >= 4 is 0 Å². The topological polar surface area (TPSA) is 23.5 Å². The molecule has 1 N–H and O–H groups in total. The van der Waals surface area contributed by atoms with Gasteiger partial charge in [0.2, 0.25) is 0 Å². The van der Waals surface area contributed by atoms with E-state index < -0.39 is 17.7 Å². The maximum atomic E-state index is 13.7. The minimum absolute atomic E-state index is 0.155. The Morgan fingerprint density at radius 3 is 2.47 bits per heavy atom. The molecular weight excluding hydrogens is 248 g/mol. The van der Waals surface area contributed by atoms with Crippen molar-refractivity contribution in [2.24, 2.45) is 0 Å². The van der Waals surface area contributed by atoms with Crippen molar-refractivity contribution in [3.63, 3.8) is 0 Å². The molecule has 0 saturated heterocycles. The fraction of sp³-hybridized carbons (Fsp3) is 0.600. The molecule has 0 aromatic heterocycles. The van der Waals surface area contributed by atoms with Crippen molar-refractivity contribution in [2.45, 2.75) is 43.7 Å². The van der Waals surface area contributed by atoms with Crippen LogP contribution in [-0.4, -0.2) is 35.7 Å². The summed E-state index contributed by atoms with van der Waals surface area (Å²) in [6.45, 7) is 0. The molecule has 106 valence electrons. The summed E-state index contributed by atoms with van der Waals surface area (Å²) >= 11 is 0. The molecule has 1 fully saturated rings. The summed E-state index contributed by atoms with van der Waals surface area (Å²) in [5, 5.41) is 10.5. The number of aliphatic hydroxyl groups excluding tert-OH is 1. The third-order valence-corrected chi connectivity index (χ3v) is 4.40. The molecule has 1 atom stereocenters. The molecule has 0 aliphatic heterocycles. The lowest BCUT2D eigenvalue weighted by atomic mass is 9.85. The number of nitrogens with zero attached hydrogens (tertiary/aromatic N) is 1. The Labute approximate surface area is 113 Å². The van der Waals surface area contributed by atoms with Gasteiger partial charge in [0.15, 0.2) is 0 Å². The van der Waals surface area contributed by atoms with Crippen LogP contribution in [0, 0.1) is 11.6 Å². The fourth-order valence-corrected chi connectivity index (χ4v) is 3.16. The minimum atomic E-state index is -0.679. The molecule has 0 bridgehead atoms. The molecule has 1 aromatic carbocycles. The highest BCUT2D eigenvalue weighted by Gasteiger charge is 2.42. The lowest BCUT2D eigenvalue weighted by Crippen LogP contribution is -2.52. The van der Waals surface area contributed by atoms with E-state index in [4.69, 9.17) is 0 Å². The number of benzene rings is 1. The molecule has 1 aliphatic carbocycles. The van der Waals surface area contributed by atoms with E-state index in [-0.39, 0.29) is 17.5 Å². The van der Waals surface area contributed by atoms with E-state index in [1.807, 2.05) is 19.0 Å². The molecular formula is C15H21F2NO. The van der Waals surface area contributed by atoms with E-state index in [1.54, 1.807) is 0 Å². The first-order chi connectivity index (χ1) is 8.95. The molecule has 0 radical (unpaired) electrons. The van der Waals surface area contributed by atoms with Gasteiger partial charge < -0.3 is 10.0 Å². The molecule has 2 nitrogen and oxygen atoms in total. The average Bonchev–Trinajstić information content (AvgIpc) is 2.84. The maximum absolute atomic E-state index is 13.7. The van der Waals surface area contributed by atoms with Crippen molar-refractivity contribution < 1.29 is 13.9 Å². The number of aliphatic hydroxyl groups is 1. The summed E-state index contributed by atoms with van der Waals surface area (Å²) < 4.78 is 26.8. The van der Waals surface area contributed by atoms with Gasteiger partial charge in [0.25, 0.3) is 0 Å². The standard InChI is InChI=1S/C15H21F2NO/c1-18(2)15(7-3-4-8-15)14(19)10-11-9-12(16)5-6-13(11)17/h5-6,9,14,19H,3-4,7-8,10H2,1-2H3. The number of halogens is 2. The normalized spacial score (nSPS) is 19.9. The van der Waals surface area contributed by atoms with Gasteiger partial charge in [0.05, 0.1) is 6.10 Å². The van der Waals surface area contributed by atoms with Gasteiger partial charge in [-0.15, -0.1) is 0 Å². The van der Waals surface area contributed by atoms with Crippen molar-refractivity contribution in [1.82, 2.24) is 4.90 Å². The van der Waals surface area contributed by atoms with Crippen molar-refractivity contribution in [3.05, 3.63) is 35.4 Å². The van der Waals surface area contributed by atoms with Crippen LogP contribution in [-0.2, 0) is 6.42 Å². The van der Waals surface area contributed by atoms with Gasteiger partial charge in [-0.25, -0.2) is 8.78 Å². The second-order valence-corrected chi connectivity index (χ2v) is 5.66. The molecule has 1 aliphatic rings. The lowest BCUT2D eigenvalue weighted by molar-refractivity contribution is -0.00296. The Morgan fingerprint density at radius 1 is 1.26 bits per heavy atom. The molecule has 1 saturated carbocycles. The van der Waals surface area contributed by atoms with E-state index in [0.717, 1.165) is 37.8 Å². The number of rotatable bonds is 4. The first-order valence-corrected chi connectivity index (χ1v) is 6.75. The highest BCUT2D eigenvalue weighted by atomic mass is 19.1. The molecule has 1 aromatic rings. The van der Waals surface area contributed by atoms with Gasteiger partial charge in [-0.2, -0.15) is 0 Å². The van der Waals surface area contributed by atoms with Crippen LogP contribution in [0.1, 0.15) is 31.2 Å². The Balaban J connectivity index is 2.19. The van der Waals surface area contributed by atoms with Crippen molar-refractivity contribution in [1.29, 1.82) is 0 Å². The summed E-state index contributed by atoms with van der Waals surface area (Å²) in [5.41, 5.74) is -0.0562. The van der Waals surface area contributed by atoms with E-state index in [2.05, 4.69) is 0 Å². The Bertz CT molecular complexity index is 442. The minimum Gasteiger partial charge on any atom is -0.391 e. The third-order valence-electron chi connectivity index (χ3n) is 4.40. The van der Waals surface area contributed by atoms with Gasteiger partial charge in [-0.05, 0) is 50.7 Å². The van der Waals surface area contributed by atoms with Crippen LogP contribution in [0.3, 0.4) is 0 Å². The predicted molar refractivity (Wildman–Crippen MR) is 71.0 cm³/mol. The summed E-state index contributed by atoms with van der Waals surface area (Å²) in [7, 11) is 3.88. The highest BCUT2D eigenvalue weighted by molar-refractivity contribution is 5.20. The van der Waals surface area contributed by atoms with Crippen LogP contribution in [0.2, 0.25) is 0 Å². The second kappa shape index (κ2) is 5.55. The molecule has 4 heteroatoms. The zero-order valence-corrected chi connectivity index (χ0v) is 11.5. The van der Waals surface area contributed by atoms with Crippen LogP contribution < -0.4 is 0 Å². The largest absolute Gasteiger partial charge is 0.391 e. The van der Waals surface area contributed by atoms with E-state index in [9.17, 15) is 13.9 Å². The van der Waals surface area contributed by atoms with Crippen LogP contribution in [0.5, 0.6) is 0 Å². The average molecular weight is 269 g/mol. The zero-order valence-electron chi connectivity index (χ0n) is 11.5. The van der Waals surface area contributed by atoms with Gasteiger partial charge >= 0.3 is 0 Å². The monoisotopic (exact) mass is 269 g/mol.